The van der Waals surface area contributed by atoms with Crippen LogP contribution in [-0.2, 0) is 27.9 Å². The Morgan fingerprint density at radius 1 is 0.914 bits per heavy atom. The lowest BCUT2D eigenvalue weighted by Gasteiger charge is -2.26. The molecule has 0 radical (unpaired) electrons. The number of carbonyl (C=O) groups excluding carboxylic acids is 1. The highest BCUT2D eigenvalue weighted by atomic mass is 32.2. The van der Waals surface area contributed by atoms with Gasteiger partial charge in [0.1, 0.15) is 6.54 Å². The fraction of sp³-hybridized carbons (Fsp3) is 0.321. The maximum absolute atomic E-state index is 13.5. The molecule has 1 saturated heterocycles. The van der Waals surface area contributed by atoms with Crippen molar-refractivity contribution in [1.82, 2.24) is 10.2 Å². The quantitative estimate of drug-likeness (QED) is 0.481. The Balaban J connectivity index is 1.46. The number of sulfonamides is 1. The number of rotatable bonds is 9. The van der Waals surface area contributed by atoms with Crippen molar-refractivity contribution in [2.45, 2.75) is 44.7 Å². The first kappa shape index (κ1) is 24.9. The minimum Gasteiger partial charge on any atom is -0.350 e. The first-order valence-electron chi connectivity index (χ1n) is 12.0. The molecule has 1 aliphatic heterocycles. The van der Waals surface area contributed by atoms with E-state index in [4.69, 9.17) is 0 Å². The number of aryl methyl sites for hydroxylation is 2. The Morgan fingerprint density at radius 3 is 2.23 bits per heavy atom. The van der Waals surface area contributed by atoms with Crippen molar-refractivity contribution in [3.63, 3.8) is 0 Å². The summed E-state index contributed by atoms with van der Waals surface area (Å²) in [5, 5.41) is 2.89. The van der Waals surface area contributed by atoms with Crippen LogP contribution in [-0.4, -0.2) is 38.9 Å². The fourth-order valence-corrected chi connectivity index (χ4v) is 5.96. The molecule has 1 heterocycles. The first-order chi connectivity index (χ1) is 16.8. The molecule has 3 aromatic carbocycles. The van der Waals surface area contributed by atoms with Crippen molar-refractivity contribution >= 4 is 21.6 Å². The molecule has 1 aliphatic rings. The van der Waals surface area contributed by atoms with Crippen molar-refractivity contribution in [1.29, 1.82) is 0 Å². The molecule has 0 aliphatic carbocycles. The molecule has 0 unspecified atom stereocenters. The van der Waals surface area contributed by atoms with Crippen LogP contribution >= 0.6 is 0 Å². The first-order valence-corrected chi connectivity index (χ1v) is 13.5. The molecule has 1 fully saturated rings. The SMILES string of the molecule is Cc1ccc(N(CC(=O)NCc2ccc(CN3CCCC3)cc2)S(=O)(=O)c2ccccc2)c(C)c1. The Hall–Kier alpha value is -3.16. The Kier molecular flexibility index (Phi) is 7.88. The van der Waals surface area contributed by atoms with E-state index in [9.17, 15) is 13.2 Å². The number of amides is 1. The van der Waals surface area contributed by atoms with Crippen LogP contribution in [0, 0.1) is 13.8 Å². The zero-order chi connectivity index (χ0) is 24.8. The third-order valence-electron chi connectivity index (χ3n) is 6.36. The smallest absolute Gasteiger partial charge is 0.264 e. The van der Waals surface area contributed by atoms with Gasteiger partial charge in [0.2, 0.25) is 5.91 Å². The van der Waals surface area contributed by atoms with E-state index in [1.807, 2.05) is 38.1 Å². The van der Waals surface area contributed by atoms with E-state index in [-0.39, 0.29) is 17.3 Å². The molecular formula is C28H33N3O3S. The summed E-state index contributed by atoms with van der Waals surface area (Å²) in [4.78, 5) is 15.5. The van der Waals surface area contributed by atoms with Gasteiger partial charge in [0.05, 0.1) is 10.6 Å². The summed E-state index contributed by atoms with van der Waals surface area (Å²) < 4.78 is 28.2. The van der Waals surface area contributed by atoms with Gasteiger partial charge in [0, 0.05) is 13.1 Å². The average Bonchev–Trinajstić information content (AvgIpc) is 3.36. The zero-order valence-corrected chi connectivity index (χ0v) is 21.2. The minimum atomic E-state index is -3.92. The van der Waals surface area contributed by atoms with Gasteiger partial charge in [-0.2, -0.15) is 0 Å². The third kappa shape index (κ3) is 6.29. The summed E-state index contributed by atoms with van der Waals surface area (Å²) in [6.45, 7) is 7.12. The van der Waals surface area contributed by atoms with E-state index in [0.717, 1.165) is 36.3 Å². The van der Waals surface area contributed by atoms with E-state index in [1.54, 1.807) is 36.4 Å². The van der Waals surface area contributed by atoms with Gasteiger partial charge < -0.3 is 5.32 Å². The topological polar surface area (TPSA) is 69.7 Å². The fourth-order valence-electron chi connectivity index (χ4n) is 4.45. The van der Waals surface area contributed by atoms with Crippen molar-refractivity contribution in [3.05, 3.63) is 95.1 Å². The number of nitrogens with one attached hydrogen (secondary N) is 1. The molecule has 35 heavy (non-hydrogen) atoms. The minimum absolute atomic E-state index is 0.154. The van der Waals surface area contributed by atoms with Crippen molar-refractivity contribution < 1.29 is 13.2 Å². The van der Waals surface area contributed by atoms with Gasteiger partial charge >= 0.3 is 0 Å². The van der Waals surface area contributed by atoms with Gasteiger partial charge in [0.15, 0.2) is 0 Å². The molecule has 0 spiro atoms. The van der Waals surface area contributed by atoms with Gasteiger partial charge in [-0.25, -0.2) is 8.42 Å². The number of nitrogens with zero attached hydrogens (tertiary/aromatic N) is 2. The highest BCUT2D eigenvalue weighted by Gasteiger charge is 2.28. The number of hydrogen-bond donors (Lipinski definition) is 1. The van der Waals surface area contributed by atoms with E-state index >= 15 is 0 Å². The van der Waals surface area contributed by atoms with Crippen molar-refractivity contribution in [2.24, 2.45) is 0 Å². The summed E-state index contributed by atoms with van der Waals surface area (Å²) in [6.07, 6.45) is 2.53. The van der Waals surface area contributed by atoms with Gasteiger partial charge in [-0.3, -0.25) is 14.0 Å². The van der Waals surface area contributed by atoms with Crippen LogP contribution in [0.3, 0.4) is 0 Å². The van der Waals surface area contributed by atoms with Crippen LogP contribution in [0.1, 0.15) is 35.1 Å². The van der Waals surface area contributed by atoms with E-state index in [0.29, 0.717) is 12.2 Å². The Labute approximate surface area is 208 Å². The van der Waals surface area contributed by atoms with Gasteiger partial charge in [-0.1, -0.05) is 60.2 Å². The van der Waals surface area contributed by atoms with Gasteiger partial charge in [-0.05, 0) is 74.7 Å². The van der Waals surface area contributed by atoms with Crippen LogP contribution in [0.15, 0.2) is 77.7 Å². The largest absolute Gasteiger partial charge is 0.350 e. The standard InChI is InChI=1S/C28H33N3O3S/c1-22-10-15-27(23(2)18-22)31(35(33,34)26-8-4-3-5-9-26)21-28(32)29-19-24-11-13-25(14-12-24)20-30-16-6-7-17-30/h3-5,8-15,18H,6-7,16-17,19-21H2,1-2H3,(H,29,32). The van der Waals surface area contributed by atoms with Crippen molar-refractivity contribution in [2.75, 3.05) is 23.9 Å². The lowest BCUT2D eigenvalue weighted by atomic mass is 10.1. The number of carbonyl (C=O) groups is 1. The van der Waals surface area contributed by atoms with Gasteiger partial charge in [-0.15, -0.1) is 0 Å². The monoisotopic (exact) mass is 491 g/mol. The molecule has 6 nitrogen and oxygen atoms in total. The van der Waals surface area contributed by atoms with Gasteiger partial charge in [0.25, 0.3) is 10.0 Å². The molecule has 0 atom stereocenters. The normalized spacial score (nSPS) is 14.1. The second-order valence-corrected chi connectivity index (χ2v) is 11.1. The second kappa shape index (κ2) is 11.1. The third-order valence-corrected chi connectivity index (χ3v) is 8.13. The highest BCUT2D eigenvalue weighted by molar-refractivity contribution is 7.92. The predicted molar refractivity (Wildman–Crippen MR) is 140 cm³/mol. The second-order valence-electron chi connectivity index (χ2n) is 9.19. The Morgan fingerprint density at radius 2 is 1.57 bits per heavy atom. The summed E-state index contributed by atoms with van der Waals surface area (Å²) >= 11 is 0. The van der Waals surface area contributed by atoms with Crippen LogP contribution < -0.4 is 9.62 Å². The Bertz CT molecular complexity index is 1250. The van der Waals surface area contributed by atoms with E-state index in [2.05, 4.69) is 22.3 Å². The molecule has 184 valence electrons. The summed E-state index contributed by atoms with van der Waals surface area (Å²) in [5.41, 5.74) is 4.57. The van der Waals surface area contributed by atoms with Crippen molar-refractivity contribution in [3.8, 4) is 0 Å². The molecule has 1 N–H and O–H groups in total. The lowest BCUT2D eigenvalue weighted by Crippen LogP contribution is -2.41. The molecule has 0 saturated carbocycles. The van der Waals surface area contributed by atoms with E-state index in [1.165, 1.54) is 22.7 Å². The number of anilines is 1. The number of hydrogen-bond acceptors (Lipinski definition) is 4. The summed E-state index contributed by atoms with van der Waals surface area (Å²) in [5.74, 6) is -0.356. The molecule has 0 aromatic heterocycles. The maximum atomic E-state index is 13.5. The van der Waals surface area contributed by atoms with Crippen LogP contribution in [0.4, 0.5) is 5.69 Å². The lowest BCUT2D eigenvalue weighted by molar-refractivity contribution is -0.119. The molecule has 0 bridgehead atoms. The molecule has 3 aromatic rings. The van der Waals surface area contributed by atoms with Crippen LogP contribution in [0.25, 0.3) is 0 Å². The zero-order valence-electron chi connectivity index (χ0n) is 20.4. The van der Waals surface area contributed by atoms with Crippen LogP contribution in [0.5, 0.6) is 0 Å². The maximum Gasteiger partial charge on any atom is 0.264 e. The summed E-state index contributed by atoms with van der Waals surface area (Å²) in [7, 11) is -3.92. The van der Waals surface area contributed by atoms with Crippen LogP contribution in [0.2, 0.25) is 0 Å². The molecule has 4 rings (SSSR count). The molecule has 7 heteroatoms. The van der Waals surface area contributed by atoms with E-state index < -0.39 is 10.0 Å². The predicted octanol–water partition coefficient (Wildman–Crippen LogP) is 4.41. The highest BCUT2D eigenvalue weighted by Crippen LogP contribution is 2.27. The average molecular weight is 492 g/mol. The molecule has 1 amide bonds. The summed E-state index contributed by atoms with van der Waals surface area (Å²) in [6, 6.07) is 22.0. The molecular weight excluding hydrogens is 458 g/mol. The number of benzene rings is 3. The number of likely N-dealkylation sites (tertiary alicyclic amines) is 1.